The fourth-order valence-electron chi connectivity index (χ4n) is 2.27. The van der Waals surface area contributed by atoms with E-state index in [1.165, 1.54) is 12.8 Å². The molecule has 0 saturated heterocycles. The Morgan fingerprint density at radius 1 is 1.44 bits per heavy atom. The molecule has 0 spiro atoms. The van der Waals surface area contributed by atoms with E-state index in [0.717, 1.165) is 56.8 Å². The lowest BCUT2D eigenvalue weighted by molar-refractivity contribution is 0.115. The molecule has 8 heteroatoms. The summed E-state index contributed by atoms with van der Waals surface area (Å²) >= 11 is 0. The first kappa shape index (κ1) is 22.1. The molecule has 0 bridgehead atoms. The summed E-state index contributed by atoms with van der Waals surface area (Å²) in [6.45, 7) is 7.43. The van der Waals surface area contributed by atoms with Crippen molar-refractivity contribution in [2.75, 3.05) is 40.4 Å². The van der Waals surface area contributed by atoms with E-state index in [-0.39, 0.29) is 24.0 Å². The van der Waals surface area contributed by atoms with Crippen LogP contribution in [0, 0.1) is 5.92 Å². The van der Waals surface area contributed by atoms with E-state index in [1.807, 2.05) is 7.05 Å². The van der Waals surface area contributed by atoms with Gasteiger partial charge in [-0.2, -0.15) is 4.98 Å². The van der Waals surface area contributed by atoms with Crippen LogP contribution in [-0.4, -0.2) is 61.4 Å². The third-order valence-corrected chi connectivity index (χ3v) is 4.05. The SMILES string of the molecule is CN=C(NCCCc1nc(C(C)C)no1)N(C)CCOCC1CC1.I. The maximum absolute atomic E-state index is 5.68. The van der Waals surface area contributed by atoms with Gasteiger partial charge in [0.1, 0.15) is 0 Å². The molecule has 2 rings (SSSR count). The number of nitrogens with zero attached hydrogens (tertiary/aromatic N) is 4. The third-order valence-electron chi connectivity index (χ3n) is 4.05. The molecule has 0 unspecified atom stereocenters. The molecule has 1 heterocycles. The van der Waals surface area contributed by atoms with Crippen LogP contribution in [0.3, 0.4) is 0 Å². The fraction of sp³-hybridized carbons (Fsp3) is 0.824. The molecule has 144 valence electrons. The minimum atomic E-state index is 0. The zero-order chi connectivity index (χ0) is 17.4. The van der Waals surface area contributed by atoms with Gasteiger partial charge < -0.3 is 19.5 Å². The van der Waals surface area contributed by atoms with Gasteiger partial charge in [-0.1, -0.05) is 19.0 Å². The number of hydrogen-bond acceptors (Lipinski definition) is 5. The van der Waals surface area contributed by atoms with E-state index in [4.69, 9.17) is 9.26 Å². The second kappa shape index (κ2) is 11.7. The zero-order valence-electron chi connectivity index (χ0n) is 15.8. The van der Waals surface area contributed by atoms with Crippen LogP contribution >= 0.6 is 24.0 Å². The fourth-order valence-corrected chi connectivity index (χ4v) is 2.27. The number of aromatic nitrogens is 2. The summed E-state index contributed by atoms with van der Waals surface area (Å²) in [5.41, 5.74) is 0. The molecule has 0 radical (unpaired) electrons. The van der Waals surface area contributed by atoms with Crippen LogP contribution in [0.4, 0.5) is 0 Å². The number of nitrogens with one attached hydrogen (secondary N) is 1. The summed E-state index contributed by atoms with van der Waals surface area (Å²) in [7, 11) is 3.83. The minimum Gasteiger partial charge on any atom is -0.379 e. The van der Waals surface area contributed by atoms with Crippen molar-refractivity contribution in [3.8, 4) is 0 Å². The topological polar surface area (TPSA) is 75.8 Å². The summed E-state index contributed by atoms with van der Waals surface area (Å²) in [6, 6.07) is 0. The van der Waals surface area contributed by atoms with Gasteiger partial charge in [0.05, 0.1) is 6.61 Å². The Morgan fingerprint density at radius 2 is 2.20 bits per heavy atom. The monoisotopic (exact) mass is 465 g/mol. The van der Waals surface area contributed by atoms with Crippen LogP contribution in [-0.2, 0) is 11.2 Å². The van der Waals surface area contributed by atoms with E-state index >= 15 is 0 Å². The number of likely N-dealkylation sites (N-methyl/N-ethyl adjacent to an activating group) is 1. The molecule has 25 heavy (non-hydrogen) atoms. The standard InChI is InChI=1S/C17H31N5O2.HI/c1-13(2)16-20-15(24-21-16)6-5-9-19-17(18-3)22(4)10-11-23-12-14-7-8-14;/h13-14H,5-12H2,1-4H3,(H,18,19);1H. The molecule has 7 nitrogen and oxygen atoms in total. The molecule has 0 atom stereocenters. The summed E-state index contributed by atoms with van der Waals surface area (Å²) in [6.07, 6.45) is 4.36. The number of ether oxygens (including phenoxy) is 1. The highest BCUT2D eigenvalue weighted by molar-refractivity contribution is 14.0. The van der Waals surface area contributed by atoms with Gasteiger partial charge in [0.2, 0.25) is 5.89 Å². The normalized spacial score (nSPS) is 14.5. The summed E-state index contributed by atoms with van der Waals surface area (Å²) in [5.74, 6) is 3.49. The van der Waals surface area contributed by atoms with Crippen LogP contribution in [0.15, 0.2) is 9.52 Å². The van der Waals surface area contributed by atoms with Gasteiger partial charge in [-0.15, -0.1) is 24.0 Å². The van der Waals surface area contributed by atoms with Gasteiger partial charge in [-0.05, 0) is 25.2 Å². The zero-order valence-corrected chi connectivity index (χ0v) is 18.2. The lowest BCUT2D eigenvalue weighted by atomic mass is 10.2. The molecular formula is C17H32IN5O2. The van der Waals surface area contributed by atoms with Crippen LogP contribution in [0.1, 0.15) is 50.7 Å². The van der Waals surface area contributed by atoms with E-state index in [1.54, 1.807) is 7.05 Å². The average Bonchev–Trinajstić information content (AvgIpc) is 3.26. The Labute approximate surface area is 168 Å². The molecule has 0 aromatic carbocycles. The van der Waals surface area contributed by atoms with Crippen molar-refractivity contribution in [2.45, 2.75) is 45.4 Å². The molecule has 1 aliphatic carbocycles. The van der Waals surface area contributed by atoms with Crippen LogP contribution in [0.2, 0.25) is 0 Å². The number of aliphatic imine (C=N–C) groups is 1. The first-order valence-corrected chi connectivity index (χ1v) is 8.92. The Bertz CT molecular complexity index is 517. The first-order chi connectivity index (χ1) is 11.6. The number of hydrogen-bond donors (Lipinski definition) is 1. The Hall–Kier alpha value is -0.900. The van der Waals surface area contributed by atoms with Crippen molar-refractivity contribution in [2.24, 2.45) is 10.9 Å². The van der Waals surface area contributed by atoms with Crippen LogP contribution in [0.5, 0.6) is 0 Å². The van der Waals surface area contributed by atoms with Crippen molar-refractivity contribution >= 4 is 29.9 Å². The molecule has 0 amide bonds. The van der Waals surface area contributed by atoms with Crippen molar-refractivity contribution < 1.29 is 9.26 Å². The van der Waals surface area contributed by atoms with Gasteiger partial charge in [-0.3, -0.25) is 4.99 Å². The highest BCUT2D eigenvalue weighted by Gasteiger charge is 2.21. The van der Waals surface area contributed by atoms with E-state index in [9.17, 15) is 0 Å². The Morgan fingerprint density at radius 3 is 2.80 bits per heavy atom. The highest BCUT2D eigenvalue weighted by Crippen LogP contribution is 2.28. The van der Waals surface area contributed by atoms with Gasteiger partial charge in [0.25, 0.3) is 0 Å². The third kappa shape index (κ3) is 8.35. The van der Waals surface area contributed by atoms with Crippen molar-refractivity contribution in [3.05, 3.63) is 11.7 Å². The van der Waals surface area contributed by atoms with E-state index in [2.05, 4.69) is 39.2 Å². The molecule has 1 aliphatic rings. The van der Waals surface area contributed by atoms with Gasteiger partial charge in [0.15, 0.2) is 11.8 Å². The average molecular weight is 465 g/mol. The maximum Gasteiger partial charge on any atom is 0.226 e. The second-order valence-corrected chi connectivity index (χ2v) is 6.72. The molecule has 1 N–H and O–H groups in total. The van der Waals surface area contributed by atoms with Gasteiger partial charge >= 0.3 is 0 Å². The minimum absolute atomic E-state index is 0. The van der Waals surface area contributed by atoms with Crippen molar-refractivity contribution in [1.29, 1.82) is 0 Å². The van der Waals surface area contributed by atoms with Gasteiger partial charge in [-0.25, -0.2) is 0 Å². The number of rotatable bonds is 10. The molecule has 1 fully saturated rings. The largest absolute Gasteiger partial charge is 0.379 e. The lowest BCUT2D eigenvalue weighted by Crippen LogP contribution is -2.41. The summed E-state index contributed by atoms with van der Waals surface area (Å²) < 4.78 is 10.9. The number of aryl methyl sites for hydroxylation is 1. The number of halogens is 1. The van der Waals surface area contributed by atoms with Crippen molar-refractivity contribution in [3.63, 3.8) is 0 Å². The summed E-state index contributed by atoms with van der Waals surface area (Å²) in [4.78, 5) is 10.8. The van der Waals surface area contributed by atoms with Crippen molar-refractivity contribution in [1.82, 2.24) is 20.4 Å². The molecular weight excluding hydrogens is 433 g/mol. The summed E-state index contributed by atoms with van der Waals surface area (Å²) in [5, 5.41) is 7.34. The number of guanidine groups is 1. The molecule has 1 saturated carbocycles. The lowest BCUT2D eigenvalue weighted by Gasteiger charge is -2.21. The molecule has 1 aromatic rings. The highest BCUT2D eigenvalue weighted by atomic mass is 127. The smallest absolute Gasteiger partial charge is 0.226 e. The Kier molecular flexibility index (Phi) is 10.3. The quantitative estimate of drug-likeness (QED) is 0.248. The molecule has 1 aromatic heterocycles. The van der Waals surface area contributed by atoms with Gasteiger partial charge in [0, 0.05) is 46.1 Å². The first-order valence-electron chi connectivity index (χ1n) is 8.92. The van der Waals surface area contributed by atoms with E-state index in [0.29, 0.717) is 11.8 Å². The van der Waals surface area contributed by atoms with Crippen LogP contribution in [0.25, 0.3) is 0 Å². The predicted octanol–water partition coefficient (Wildman–Crippen LogP) is 2.68. The Balaban J connectivity index is 0.00000312. The van der Waals surface area contributed by atoms with Crippen LogP contribution < -0.4 is 5.32 Å². The molecule has 0 aliphatic heterocycles. The predicted molar refractivity (Wildman–Crippen MR) is 110 cm³/mol. The second-order valence-electron chi connectivity index (χ2n) is 6.72. The van der Waals surface area contributed by atoms with E-state index < -0.39 is 0 Å². The maximum atomic E-state index is 5.68.